The van der Waals surface area contributed by atoms with Crippen LogP contribution in [0.2, 0.25) is 0 Å². The maximum absolute atomic E-state index is 12.3. The Morgan fingerprint density at radius 2 is 2.12 bits per heavy atom. The van der Waals surface area contributed by atoms with Crippen LogP contribution in [0.3, 0.4) is 0 Å². The molecule has 1 saturated carbocycles. The summed E-state index contributed by atoms with van der Waals surface area (Å²) in [4.78, 5) is 18.2. The third-order valence-corrected chi connectivity index (χ3v) is 3.83. The van der Waals surface area contributed by atoms with Crippen molar-refractivity contribution in [3.8, 4) is 0 Å². The van der Waals surface area contributed by atoms with Gasteiger partial charge in [0.2, 0.25) is 5.91 Å². The fraction of sp³-hybridized carbons (Fsp3) is 0.538. The normalized spacial score (nSPS) is 16.8. The number of hydrogen-bond acceptors (Lipinski definition) is 2. The Kier molecular flexibility index (Phi) is 4.15. The first-order chi connectivity index (χ1) is 8.18. The topological polar surface area (TPSA) is 33.2 Å². The van der Waals surface area contributed by atoms with Gasteiger partial charge in [-0.1, -0.05) is 35.2 Å². The van der Waals surface area contributed by atoms with Gasteiger partial charge in [-0.3, -0.25) is 9.69 Å². The van der Waals surface area contributed by atoms with Gasteiger partial charge >= 0.3 is 0 Å². The maximum atomic E-state index is 12.3. The summed E-state index contributed by atoms with van der Waals surface area (Å²) in [6.07, 6.45) is 7.38. The highest BCUT2D eigenvalue weighted by Crippen LogP contribution is 2.26. The summed E-state index contributed by atoms with van der Waals surface area (Å²) in [5.41, 5.74) is 0. The van der Waals surface area contributed by atoms with E-state index < -0.39 is 0 Å². The summed E-state index contributed by atoms with van der Waals surface area (Å²) in [7, 11) is 1.81. The lowest BCUT2D eigenvalue weighted by atomic mass is 9.88. The van der Waals surface area contributed by atoms with Gasteiger partial charge in [-0.05, 0) is 25.0 Å². The lowest BCUT2D eigenvalue weighted by molar-refractivity contribution is -0.123. The van der Waals surface area contributed by atoms with E-state index in [1.165, 1.54) is 19.3 Å². The molecule has 4 heteroatoms. The van der Waals surface area contributed by atoms with Gasteiger partial charge in [0.15, 0.2) is 0 Å². The SMILES string of the molecule is CN(C(=O)C1CCCCC1)c1cc(Br)ccn1. The van der Waals surface area contributed by atoms with Crippen LogP contribution < -0.4 is 4.90 Å². The molecule has 3 nitrogen and oxygen atoms in total. The van der Waals surface area contributed by atoms with E-state index in [9.17, 15) is 4.79 Å². The lowest BCUT2D eigenvalue weighted by Gasteiger charge is -2.25. The second-order valence-electron chi connectivity index (χ2n) is 4.56. The summed E-state index contributed by atoms with van der Waals surface area (Å²) in [6, 6.07) is 3.74. The number of aromatic nitrogens is 1. The first kappa shape index (κ1) is 12.6. The minimum atomic E-state index is 0.189. The molecule has 92 valence electrons. The second-order valence-corrected chi connectivity index (χ2v) is 5.48. The van der Waals surface area contributed by atoms with Crippen molar-refractivity contribution in [1.82, 2.24) is 4.98 Å². The molecule has 0 aromatic carbocycles. The summed E-state index contributed by atoms with van der Waals surface area (Å²) in [6.45, 7) is 0. The van der Waals surface area contributed by atoms with Crippen molar-refractivity contribution >= 4 is 27.7 Å². The van der Waals surface area contributed by atoms with Crippen LogP contribution in [-0.2, 0) is 4.79 Å². The van der Waals surface area contributed by atoms with Crippen molar-refractivity contribution in [3.63, 3.8) is 0 Å². The van der Waals surface area contributed by atoms with E-state index >= 15 is 0 Å². The van der Waals surface area contributed by atoms with Crippen molar-refractivity contribution in [2.75, 3.05) is 11.9 Å². The third-order valence-electron chi connectivity index (χ3n) is 3.34. The molecule has 0 atom stereocenters. The average molecular weight is 297 g/mol. The zero-order chi connectivity index (χ0) is 12.3. The van der Waals surface area contributed by atoms with E-state index in [2.05, 4.69) is 20.9 Å². The number of nitrogens with zero attached hydrogens (tertiary/aromatic N) is 2. The molecule has 0 spiro atoms. The summed E-state index contributed by atoms with van der Waals surface area (Å²) < 4.78 is 0.950. The number of hydrogen-bond donors (Lipinski definition) is 0. The molecule has 1 aliphatic rings. The summed E-state index contributed by atoms with van der Waals surface area (Å²) in [5, 5.41) is 0. The molecule has 17 heavy (non-hydrogen) atoms. The Morgan fingerprint density at radius 1 is 1.41 bits per heavy atom. The molecule has 0 bridgehead atoms. The first-order valence-corrected chi connectivity index (χ1v) is 6.87. The molecule has 1 amide bonds. The van der Waals surface area contributed by atoms with E-state index in [-0.39, 0.29) is 11.8 Å². The van der Waals surface area contributed by atoms with Crippen molar-refractivity contribution in [2.45, 2.75) is 32.1 Å². The molecule has 1 aliphatic carbocycles. The minimum Gasteiger partial charge on any atom is -0.300 e. The standard InChI is InChI=1S/C13H17BrN2O/c1-16(12-9-11(14)7-8-15-12)13(17)10-5-3-2-4-6-10/h7-10H,2-6H2,1H3. The molecular formula is C13H17BrN2O. The molecule has 0 unspecified atom stereocenters. The fourth-order valence-corrected chi connectivity index (χ4v) is 2.64. The van der Waals surface area contributed by atoms with E-state index in [0.717, 1.165) is 23.1 Å². The molecule has 0 radical (unpaired) electrons. The van der Waals surface area contributed by atoms with Crippen molar-refractivity contribution in [3.05, 3.63) is 22.8 Å². The monoisotopic (exact) mass is 296 g/mol. The maximum Gasteiger partial charge on any atom is 0.230 e. The largest absolute Gasteiger partial charge is 0.300 e. The molecule has 2 rings (SSSR count). The van der Waals surface area contributed by atoms with Crippen molar-refractivity contribution in [1.29, 1.82) is 0 Å². The van der Waals surface area contributed by atoms with Gasteiger partial charge < -0.3 is 0 Å². The van der Waals surface area contributed by atoms with Crippen molar-refractivity contribution < 1.29 is 4.79 Å². The minimum absolute atomic E-state index is 0.189. The second kappa shape index (κ2) is 5.63. The van der Waals surface area contributed by atoms with Crippen LogP contribution >= 0.6 is 15.9 Å². The number of carbonyl (C=O) groups is 1. The number of halogens is 1. The van der Waals surface area contributed by atoms with Gasteiger partial charge in [-0.15, -0.1) is 0 Å². The quantitative estimate of drug-likeness (QED) is 0.838. The van der Waals surface area contributed by atoms with E-state index in [4.69, 9.17) is 0 Å². The first-order valence-electron chi connectivity index (χ1n) is 6.07. The van der Waals surface area contributed by atoms with Crippen LogP contribution in [-0.4, -0.2) is 17.9 Å². The van der Waals surface area contributed by atoms with Gasteiger partial charge in [0, 0.05) is 23.6 Å². The van der Waals surface area contributed by atoms with Gasteiger partial charge in [0.25, 0.3) is 0 Å². The Morgan fingerprint density at radius 3 is 2.76 bits per heavy atom. The molecule has 0 N–H and O–H groups in total. The van der Waals surface area contributed by atoms with Crippen LogP contribution in [0, 0.1) is 5.92 Å². The number of rotatable bonds is 2. The Labute approximate surface area is 110 Å². The van der Waals surface area contributed by atoms with Crippen LogP contribution in [0.1, 0.15) is 32.1 Å². The van der Waals surface area contributed by atoms with Gasteiger partial charge in [-0.25, -0.2) is 4.98 Å². The highest BCUT2D eigenvalue weighted by molar-refractivity contribution is 9.10. The molecule has 0 aliphatic heterocycles. The van der Waals surface area contributed by atoms with Crippen LogP contribution in [0.15, 0.2) is 22.8 Å². The highest BCUT2D eigenvalue weighted by atomic mass is 79.9. The van der Waals surface area contributed by atoms with Gasteiger partial charge in [0.1, 0.15) is 5.82 Å². The van der Waals surface area contributed by atoms with E-state index in [1.807, 2.05) is 19.2 Å². The van der Waals surface area contributed by atoms with Crippen LogP contribution in [0.25, 0.3) is 0 Å². The summed E-state index contributed by atoms with van der Waals surface area (Å²) >= 11 is 3.40. The Balaban J connectivity index is 2.08. The predicted molar refractivity (Wildman–Crippen MR) is 71.9 cm³/mol. The summed E-state index contributed by atoms with van der Waals surface area (Å²) in [5.74, 6) is 1.11. The van der Waals surface area contributed by atoms with Crippen LogP contribution in [0.4, 0.5) is 5.82 Å². The highest BCUT2D eigenvalue weighted by Gasteiger charge is 2.25. The predicted octanol–water partition coefficient (Wildman–Crippen LogP) is 3.39. The molecule has 1 heterocycles. The van der Waals surface area contributed by atoms with Gasteiger partial charge in [-0.2, -0.15) is 0 Å². The smallest absolute Gasteiger partial charge is 0.230 e. The average Bonchev–Trinajstić information content (AvgIpc) is 2.38. The van der Waals surface area contributed by atoms with Crippen molar-refractivity contribution in [2.24, 2.45) is 5.92 Å². The zero-order valence-corrected chi connectivity index (χ0v) is 11.6. The number of anilines is 1. The molecule has 1 fully saturated rings. The number of amides is 1. The third kappa shape index (κ3) is 3.06. The number of pyridine rings is 1. The fourth-order valence-electron chi connectivity index (χ4n) is 2.31. The Hall–Kier alpha value is -0.900. The molecular weight excluding hydrogens is 280 g/mol. The zero-order valence-electron chi connectivity index (χ0n) is 10.0. The molecule has 1 aromatic rings. The Bertz CT molecular complexity index is 402. The molecule has 0 saturated heterocycles. The van der Waals surface area contributed by atoms with Gasteiger partial charge in [0.05, 0.1) is 0 Å². The lowest BCUT2D eigenvalue weighted by Crippen LogP contribution is -2.34. The number of carbonyl (C=O) groups excluding carboxylic acids is 1. The van der Waals surface area contributed by atoms with E-state index in [0.29, 0.717) is 0 Å². The van der Waals surface area contributed by atoms with E-state index in [1.54, 1.807) is 11.1 Å². The molecule has 1 aromatic heterocycles. The van der Waals surface area contributed by atoms with Crippen LogP contribution in [0.5, 0.6) is 0 Å².